The van der Waals surface area contributed by atoms with E-state index in [1.54, 1.807) is 27.7 Å². The number of amides is 1. The van der Waals surface area contributed by atoms with Crippen LogP contribution in [0.15, 0.2) is 12.2 Å². The summed E-state index contributed by atoms with van der Waals surface area (Å²) in [5, 5.41) is 10.3. The summed E-state index contributed by atoms with van der Waals surface area (Å²) >= 11 is 5.80. The molecule has 0 aromatic carbocycles. The number of carbonyl (C=O) groups excluding carboxylic acids is 2. The van der Waals surface area contributed by atoms with Gasteiger partial charge in [-0.05, 0) is 27.7 Å². The molecular weight excluding hydrogens is 322 g/mol. The van der Waals surface area contributed by atoms with Crippen LogP contribution in [0.2, 0.25) is 0 Å². The zero-order valence-corrected chi connectivity index (χ0v) is 15.1. The molecular formula is C16H26ClNO5. The first-order valence-corrected chi connectivity index (χ1v) is 8.03. The fourth-order valence-electron chi connectivity index (χ4n) is 2.89. The highest BCUT2D eigenvalue weighted by Crippen LogP contribution is 2.40. The first kappa shape index (κ1) is 19.8. The number of aliphatic hydroxyl groups is 1. The standard InChI is InChI=1S/C16H26ClNO5/c1-10(9-17)7-16(13(20)22-6)8-12(19)11(2)18(16)14(21)23-15(3,4)5/h11-12,19H,1,7-9H2,2-6H3/t11-,12-,16-/m1/s1. The van der Waals surface area contributed by atoms with Crippen LogP contribution in [0.4, 0.5) is 4.79 Å². The van der Waals surface area contributed by atoms with Gasteiger partial charge in [-0.1, -0.05) is 12.2 Å². The van der Waals surface area contributed by atoms with Crippen molar-refractivity contribution in [1.82, 2.24) is 4.90 Å². The maximum Gasteiger partial charge on any atom is 0.411 e. The number of ether oxygens (including phenoxy) is 2. The maximum atomic E-state index is 12.6. The molecule has 0 spiro atoms. The van der Waals surface area contributed by atoms with Crippen LogP contribution in [0, 0.1) is 0 Å². The number of aliphatic hydroxyl groups excluding tert-OH is 1. The number of alkyl halides is 1. The van der Waals surface area contributed by atoms with Crippen molar-refractivity contribution in [1.29, 1.82) is 0 Å². The lowest BCUT2D eigenvalue weighted by atomic mass is 9.88. The van der Waals surface area contributed by atoms with Gasteiger partial charge in [-0.25, -0.2) is 9.59 Å². The average Bonchev–Trinajstić information content (AvgIpc) is 2.68. The van der Waals surface area contributed by atoms with E-state index in [4.69, 9.17) is 21.1 Å². The summed E-state index contributed by atoms with van der Waals surface area (Å²) in [6.07, 6.45) is -1.38. The van der Waals surface area contributed by atoms with Gasteiger partial charge in [0.05, 0.1) is 19.3 Å². The van der Waals surface area contributed by atoms with E-state index < -0.39 is 35.3 Å². The van der Waals surface area contributed by atoms with Gasteiger partial charge in [0.1, 0.15) is 5.60 Å². The lowest BCUT2D eigenvalue weighted by Crippen LogP contribution is -2.57. The number of carbonyl (C=O) groups is 2. The Kier molecular flexibility index (Phi) is 6.10. The smallest absolute Gasteiger partial charge is 0.411 e. The van der Waals surface area contributed by atoms with Gasteiger partial charge in [0.2, 0.25) is 0 Å². The average molecular weight is 348 g/mol. The third-order valence-electron chi connectivity index (χ3n) is 3.86. The quantitative estimate of drug-likeness (QED) is 0.480. The van der Waals surface area contributed by atoms with Gasteiger partial charge in [0.25, 0.3) is 0 Å². The predicted octanol–water partition coefficient (Wildman–Crippen LogP) is 2.47. The van der Waals surface area contributed by atoms with Crippen LogP contribution in [-0.4, -0.2) is 58.3 Å². The van der Waals surface area contributed by atoms with Crippen molar-refractivity contribution in [3.63, 3.8) is 0 Å². The van der Waals surface area contributed by atoms with E-state index >= 15 is 0 Å². The van der Waals surface area contributed by atoms with Gasteiger partial charge in [-0.15, -0.1) is 11.6 Å². The number of rotatable bonds is 4. The molecule has 0 unspecified atom stereocenters. The minimum Gasteiger partial charge on any atom is -0.467 e. The Labute approximate surface area is 142 Å². The predicted molar refractivity (Wildman–Crippen MR) is 87.4 cm³/mol. The van der Waals surface area contributed by atoms with Crippen molar-refractivity contribution in [3.8, 4) is 0 Å². The molecule has 1 amide bonds. The molecule has 1 rings (SSSR count). The zero-order valence-electron chi connectivity index (χ0n) is 14.4. The third-order valence-corrected chi connectivity index (χ3v) is 4.24. The molecule has 1 saturated heterocycles. The van der Waals surface area contributed by atoms with E-state index in [9.17, 15) is 14.7 Å². The molecule has 0 radical (unpaired) electrons. The summed E-state index contributed by atoms with van der Waals surface area (Å²) in [7, 11) is 1.25. The van der Waals surface area contributed by atoms with Crippen molar-refractivity contribution in [3.05, 3.63) is 12.2 Å². The van der Waals surface area contributed by atoms with Crippen LogP contribution < -0.4 is 0 Å². The fraction of sp³-hybridized carbons (Fsp3) is 0.750. The van der Waals surface area contributed by atoms with E-state index in [1.807, 2.05) is 0 Å². The summed E-state index contributed by atoms with van der Waals surface area (Å²) < 4.78 is 10.3. The van der Waals surface area contributed by atoms with Crippen LogP contribution in [-0.2, 0) is 14.3 Å². The second kappa shape index (κ2) is 7.09. The normalized spacial score (nSPS) is 27.7. The number of likely N-dealkylation sites (tertiary alicyclic amines) is 1. The second-order valence-corrected chi connectivity index (χ2v) is 7.21. The second-order valence-electron chi connectivity index (χ2n) is 6.95. The third kappa shape index (κ3) is 4.18. The molecule has 7 heteroatoms. The Morgan fingerprint density at radius 1 is 1.43 bits per heavy atom. The molecule has 132 valence electrons. The molecule has 23 heavy (non-hydrogen) atoms. The van der Waals surface area contributed by atoms with Crippen LogP contribution >= 0.6 is 11.6 Å². The summed E-state index contributed by atoms with van der Waals surface area (Å²) in [6.45, 7) is 10.7. The van der Waals surface area contributed by atoms with Crippen molar-refractivity contribution in [2.75, 3.05) is 13.0 Å². The molecule has 1 fully saturated rings. The van der Waals surface area contributed by atoms with Crippen molar-refractivity contribution in [2.24, 2.45) is 0 Å². The first-order chi connectivity index (χ1) is 10.5. The van der Waals surface area contributed by atoms with Crippen molar-refractivity contribution < 1.29 is 24.2 Å². The van der Waals surface area contributed by atoms with E-state index in [-0.39, 0.29) is 18.7 Å². The maximum absolute atomic E-state index is 12.6. The van der Waals surface area contributed by atoms with Crippen LogP contribution in [0.5, 0.6) is 0 Å². The molecule has 0 aromatic heterocycles. The minimum atomic E-state index is -1.36. The Morgan fingerprint density at radius 3 is 2.43 bits per heavy atom. The molecule has 3 atom stereocenters. The highest BCUT2D eigenvalue weighted by molar-refractivity contribution is 6.19. The molecule has 1 aliphatic heterocycles. The van der Waals surface area contributed by atoms with E-state index in [0.717, 1.165) is 0 Å². The largest absolute Gasteiger partial charge is 0.467 e. The Hall–Kier alpha value is -1.27. The highest BCUT2D eigenvalue weighted by Gasteiger charge is 2.58. The van der Waals surface area contributed by atoms with Gasteiger partial charge in [0, 0.05) is 18.7 Å². The van der Waals surface area contributed by atoms with Gasteiger partial charge in [-0.3, -0.25) is 4.90 Å². The molecule has 1 aliphatic rings. The Bertz CT molecular complexity index is 487. The SMILES string of the molecule is C=C(CCl)C[C@]1(C(=O)OC)C[C@@H](O)[C@@H](C)N1C(=O)OC(C)(C)C. The van der Waals surface area contributed by atoms with Gasteiger partial charge in [-0.2, -0.15) is 0 Å². The van der Waals surface area contributed by atoms with Crippen LogP contribution in [0.25, 0.3) is 0 Å². The fourth-order valence-corrected chi connectivity index (χ4v) is 2.99. The number of halogens is 1. The Morgan fingerprint density at radius 2 is 2.00 bits per heavy atom. The summed E-state index contributed by atoms with van der Waals surface area (Å²) in [6, 6.07) is -0.591. The topological polar surface area (TPSA) is 76.1 Å². The monoisotopic (exact) mass is 347 g/mol. The molecule has 0 aliphatic carbocycles. The number of esters is 1. The van der Waals surface area contributed by atoms with E-state index in [1.165, 1.54) is 12.0 Å². The van der Waals surface area contributed by atoms with Crippen LogP contribution in [0.3, 0.4) is 0 Å². The molecule has 0 bridgehead atoms. The number of hydrogen-bond acceptors (Lipinski definition) is 5. The summed E-state index contributed by atoms with van der Waals surface area (Å²) in [4.78, 5) is 26.4. The van der Waals surface area contributed by atoms with Gasteiger partial charge in [0.15, 0.2) is 5.54 Å². The number of methoxy groups -OCH3 is 1. The minimum absolute atomic E-state index is 0.0516. The Balaban J connectivity index is 3.30. The van der Waals surface area contributed by atoms with Crippen molar-refractivity contribution in [2.45, 2.75) is 63.8 Å². The summed E-state index contributed by atoms with van der Waals surface area (Å²) in [5.74, 6) is -0.469. The van der Waals surface area contributed by atoms with Gasteiger partial charge >= 0.3 is 12.1 Å². The summed E-state index contributed by atoms with van der Waals surface area (Å²) in [5.41, 5.74) is -1.51. The van der Waals surface area contributed by atoms with Crippen LogP contribution in [0.1, 0.15) is 40.5 Å². The van der Waals surface area contributed by atoms with E-state index in [0.29, 0.717) is 5.57 Å². The van der Waals surface area contributed by atoms with Crippen molar-refractivity contribution >= 4 is 23.7 Å². The van der Waals surface area contributed by atoms with E-state index in [2.05, 4.69) is 6.58 Å². The molecule has 1 heterocycles. The highest BCUT2D eigenvalue weighted by atomic mass is 35.5. The molecule has 0 aromatic rings. The number of nitrogens with zero attached hydrogens (tertiary/aromatic N) is 1. The van der Waals surface area contributed by atoms with Gasteiger partial charge < -0.3 is 14.6 Å². The molecule has 0 saturated carbocycles. The zero-order chi connectivity index (χ0) is 18.0. The molecule has 1 N–H and O–H groups in total. The molecule has 6 nitrogen and oxygen atoms in total. The number of hydrogen-bond donors (Lipinski definition) is 1. The lowest BCUT2D eigenvalue weighted by Gasteiger charge is -2.38. The first-order valence-electron chi connectivity index (χ1n) is 7.50. The lowest BCUT2D eigenvalue weighted by molar-refractivity contribution is -0.154.